The fourth-order valence-electron chi connectivity index (χ4n) is 5.16. The molecule has 3 atom stereocenters. The molecule has 2 N–H and O–H groups in total. The van der Waals surface area contributed by atoms with Crippen molar-refractivity contribution < 1.29 is 14.7 Å². The van der Waals surface area contributed by atoms with Gasteiger partial charge in [0.1, 0.15) is 18.0 Å². The number of nitrogens with one attached hydrogen (secondary N) is 1. The van der Waals surface area contributed by atoms with Gasteiger partial charge in [0.15, 0.2) is 0 Å². The van der Waals surface area contributed by atoms with Crippen molar-refractivity contribution in [3.8, 4) is 6.07 Å². The lowest BCUT2D eigenvalue weighted by Crippen LogP contribution is -2.50. The standard InChI is InChI=1S/C27H30N6O3/c1-4-27-13-12-22(32(18-34)24-7-5-6-14-29-24)15-23(27)33(19(2)26(35)36)25(31(27)3)17-30-21-10-8-20(16-28)9-11-21/h5-12,14-15,18-19,25,30H,4,13,17H2,1-3H3,(H,35,36)/t19-,25-,27+/m1/s1. The zero-order valence-corrected chi connectivity index (χ0v) is 20.6. The first-order valence-corrected chi connectivity index (χ1v) is 11.9. The maximum Gasteiger partial charge on any atom is 0.326 e. The third-order valence-electron chi connectivity index (χ3n) is 7.27. The first-order valence-electron chi connectivity index (χ1n) is 11.9. The minimum absolute atomic E-state index is 0.259. The second kappa shape index (κ2) is 10.2. The zero-order chi connectivity index (χ0) is 25.9. The van der Waals surface area contributed by atoms with Crippen LogP contribution in [0.5, 0.6) is 0 Å². The average molecular weight is 487 g/mol. The number of anilines is 2. The Morgan fingerprint density at radius 3 is 2.69 bits per heavy atom. The van der Waals surface area contributed by atoms with Gasteiger partial charge in [0.25, 0.3) is 0 Å². The number of aliphatic carboxylic acids is 1. The zero-order valence-electron chi connectivity index (χ0n) is 20.6. The van der Waals surface area contributed by atoms with Crippen molar-refractivity contribution in [1.29, 1.82) is 5.26 Å². The van der Waals surface area contributed by atoms with Crippen LogP contribution in [-0.2, 0) is 9.59 Å². The highest BCUT2D eigenvalue weighted by molar-refractivity contribution is 5.80. The molecule has 9 heteroatoms. The molecule has 2 aromatic rings. The molecule has 1 aliphatic carbocycles. The minimum Gasteiger partial charge on any atom is -0.480 e. The molecule has 0 radical (unpaired) electrons. The number of aromatic nitrogens is 1. The number of carboxylic acids is 1. The Bertz CT molecular complexity index is 1220. The number of pyridine rings is 1. The molecule has 1 aromatic heterocycles. The van der Waals surface area contributed by atoms with Gasteiger partial charge in [0.2, 0.25) is 6.41 Å². The Labute approximate surface area is 210 Å². The smallest absolute Gasteiger partial charge is 0.326 e. The van der Waals surface area contributed by atoms with Gasteiger partial charge in [-0.25, -0.2) is 9.78 Å². The van der Waals surface area contributed by atoms with Gasteiger partial charge in [-0.15, -0.1) is 0 Å². The Morgan fingerprint density at radius 1 is 1.36 bits per heavy atom. The van der Waals surface area contributed by atoms with Crippen LogP contribution in [0.3, 0.4) is 0 Å². The van der Waals surface area contributed by atoms with Crippen LogP contribution in [0.1, 0.15) is 32.3 Å². The van der Waals surface area contributed by atoms with E-state index in [0.29, 0.717) is 30.0 Å². The van der Waals surface area contributed by atoms with Gasteiger partial charge in [-0.1, -0.05) is 19.1 Å². The summed E-state index contributed by atoms with van der Waals surface area (Å²) in [4.78, 5) is 34.3. The summed E-state index contributed by atoms with van der Waals surface area (Å²) in [7, 11) is 2.02. The molecule has 2 aliphatic rings. The number of benzene rings is 1. The summed E-state index contributed by atoms with van der Waals surface area (Å²) in [5.41, 5.74) is 2.55. The van der Waals surface area contributed by atoms with Gasteiger partial charge < -0.3 is 15.3 Å². The minimum atomic E-state index is -0.923. The molecule has 1 fully saturated rings. The van der Waals surface area contributed by atoms with Gasteiger partial charge in [-0.3, -0.25) is 14.6 Å². The first-order chi connectivity index (χ1) is 17.4. The number of likely N-dealkylation sites (N-methyl/N-ethyl adjacent to an activating group) is 1. The van der Waals surface area contributed by atoms with E-state index in [9.17, 15) is 14.7 Å². The van der Waals surface area contributed by atoms with Crippen LogP contribution in [0.4, 0.5) is 11.5 Å². The van der Waals surface area contributed by atoms with Gasteiger partial charge >= 0.3 is 5.97 Å². The van der Waals surface area contributed by atoms with Crippen LogP contribution in [-0.4, -0.2) is 63.6 Å². The SMILES string of the molecule is CC[C@]12CC=C(N(C=O)c3ccccn3)C=C1N([C@H](C)C(=O)O)[C@H](CNc1ccc(C#N)cc1)N2C. The summed E-state index contributed by atoms with van der Waals surface area (Å²) in [5.74, 6) is -0.421. The maximum atomic E-state index is 12.2. The molecule has 9 nitrogen and oxygen atoms in total. The molecule has 4 rings (SSSR count). The van der Waals surface area contributed by atoms with Crippen molar-refractivity contribution in [2.45, 2.75) is 44.4 Å². The average Bonchev–Trinajstić information content (AvgIpc) is 3.15. The number of carbonyl (C=O) groups is 2. The van der Waals surface area contributed by atoms with Crippen LogP contribution in [0, 0.1) is 11.3 Å². The van der Waals surface area contributed by atoms with E-state index in [0.717, 1.165) is 24.2 Å². The predicted octanol–water partition coefficient (Wildman–Crippen LogP) is 3.40. The van der Waals surface area contributed by atoms with E-state index in [1.54, 1.807) is 37.4 Å². The molecule has 0 saturated carbocycles. The van der Waals surface area contributed by atoms with Gasteiger partial charge in [0.05, 0.1) is 17.2 Å². The first kappa shape index (κ1) is 24.9. The van der Waals surface area contributed by atoms with Crippen LogP contribution < -0.4 is 10.2 Å². The van der Waals surface area contributed by atoms with Crippen molar-refractivity contribution in [2.75, 3.05) is 23.8 Å². The second-order valence-corrected chi connectivity index (χ2v) is 8.99. The third kappa shape index (κ3) is 4.32. The lowest BCUT2D eigenvalue weighted by molar-refractivity contribution is -0.142. The molecular weight excluding hydrogens is 456 g/mol. The quantitative estimate of drug-likeness (QED) is 0.519. The van der Waals surface area contributed by atoms with Crippen molar-refractivity contribution in [1.82, 2.24) is 14.8 Å². The predicted molar refractivity (Wildman–Crippen MR) is 137 cm³/mol. The normalized spacial score (nSPS) is 22.1. The topological polar surface area (TPSA) is 113 Å². The second-order valence-electron chi connectivity index (χ2n) is 8.99. The highest BCUT2D eigenvalue weighted by Gasteiger charge is 2.54. The number of rotatable bonds is 9. The summed E-state index contributed by atoms with van der Waals surface area (Å²) in [6, 6.07) is 13.9. The number of hydrogen-bond acceptors (Lipinski definition) is 7. The van der Waals surface area contributed by atoms with Crippen LogP contribution in [0.15, 0.2) is 72.2 Å². The molecule has 1 aliphatic heterocycles. The third-order valence-corrected chi connectivity index (χ3v) is 7.27. The molecule has 1 saturated heterocycles. The molecule has 0 unspecified atom stereocenters. The number of amides is 1. The van der Waals surface area contributed by atoms with E-state index in [1.165, 1.54) is 4.90 Å². The lowest BCUT2D eigenvalue weighted by Gasteiger charge is -2.39. The van der Waals surface area contributed by atoms with Gasteiger partial charge in [-0.05, 0) is 69.3 Å². The fourth-order valence-corrected chi connectivity index (χ4v) is 5.16. The van der Waals surface area contributed by atoms with Crippen molar-refractivity contribution in [2.24, 2.45) is 0 Å². The monoisotopic (exact) mass is 486 g/mol. The number of carboxylic acid groups (broad SMARTS) is 1. The molecular formula is C27H30N6O3. The number of carbonyl (C=O) groups excluding carboxylic acids is 1. The molecule has 0 spiro atoms. The van der Waals surface area contributed by atoms with E-state index in [4.69, 9.17) is 5.26 Å². The van der Waals surface area contributed by atoms with E-state index >= 15 is 0 Å². The van der Waals surface area contributed by atoms with E-state index in [2.05, 4.69) is 28.2 Å². The summed E-state index contributed by atoms with van der Waals surface area (Å²) < 4.78 is 0. The van der Waals surface area contributed by atoms with E-state index in [1.807, 2.05) is 42.3 Å². The van der Waals surface area contributed by atoms with Crippen LogP contribution >= 0.6 is 0 Å². The number of hydrogen-bond donors (Lipinski definition) is 2. The molecule has 1 amide bonds. The number of fused-ring (bicyclic) bond motifs is 1. The fraction of sp³-hybridized carbons (Fsp3) is 0.333. The molecule has 36 heavy (non-hydrogen) atoms. The Hall–Kier alpha value is -4.16. The Kier molecular flexibility index (Phi) is 7.08. The molecule has 0 bridgehead atoms. The van der Waals surface area contributed by atoms with Crippen LogP contribution in [0.25, 0.3) is 0 Å². The van der Waals surface area contributed by atoms with Crippen molar-refractivity contribution in [3.05, 3.63) is 77.8 Å². The number of nitrogens with zero attached hydrogens (tertiary/aromatic N) is 5. The Morgan fingerprint density at radius 2 is 2.11 bits per heavy atom. The van der Waals surface area contributed by atoms with Crippen molar-refractivity contribution in [3.63, 3.8) is 0 Å². The largest absolute Gasteiger partial charge is 0.480 e. The summed E-state index contributed by atoms with van der Waals surface area (Å²) >= 11 is 0. The van der Waals surface area contributed by atoms with Gasteiger partial charge in [0, 0.05) is 29.8 Å². The Balaban J connectivity index is 1.71. The van der Waals surface area contributed by atoms with Crippen LogP contribution in [0.2, 0.25) is 0 Å². The number of allylic oxidation sites excluding steroid dienone is 1. The van der Waals surface area contributed by atoms with E-state index in [-0.39, 0.29) is 6.17 Å². The summed E-state index contributed by atoms with van der Waals surface area (Å²) in [6.45, 7) is 4.25. The van der Waals surface area contributed by atoms with Crippen molar-refractivity contribution >= 4 is 23.9 Å². The van der Waals surface area contributed by atoms with E-state index < -0.39 is 17.6 Å². The molecule has 2 heterocycles. The molecule has 186 valence electrons. The summed E-state index contributed by atoms with van der Waals surface area (Å²) in [6.07, 6.45) is 7.43. The lowest BCUT2D eigenvalue weighted by atomic mass is 9.83. The summed E-state index contributed by atoms with van der Waals surface area (Å²) in [5, 5.41) is 22.5. The van der Waals surface area contributed by atoms with Gasteiger partial charge in [-0.2, -0.15) is 5.26 Å². The highest BCUT2D eigenvalue weighted by atomic mass is 16.4. The highest BCUT2D eigenvalue weighted by Crippen LogP contribution is 2.47. The number of nitriles is 1. The maximum absolute atomic E-state index is 12.2. The molecule has 1 aromatic carbocycles.